The van der Waals surface area contributed by atoms with Gasteiger partial charge >= 0.3 is 0 Å². The smallest absolute Gasteiger partial charge is 0.227 e. The predicted octanol–water partition coefficient (Wildman–Crippen LogP) is 1.52. The zero-order valence-corrected chi connectivity index (χ0v) is 17.1. The molecule has 1 aromatic carbocycles. The van der Waals surface area contributed by atoms with Gasteiger partial charge < -0.3 is 20.0 Å². The first-order valence-corrected chi connectivity index (χ1v) is 10.9. The van der Waals surface area contributed by atoms with Crippen LogP contribution in [-0.4, -0.2) is 80.7 Å². The second kappa shape index (κ2) is 9.57. The van der Waals surface area contributed by atoms with Crippen molar-refractivity contribution < 1.29 is 9.59 Å². The normalized spacial score (nSPS) is 21.6. The van der Waals surface area contributed by atoms with E-state index in [-0.39, 0.29) is 17.7 Å². The molecule has 0 unspecified atom stereocenters. The fourth-order valence-electron chi connectivity index (χ4n) is 3.62. The number of amides is 2. The second-order valence-corrected chi connectivity index (χ2v) is 8.27. The quantitative estimate of drug-likeness (QED) is 0.565. The van der Waals surface area contributed by atoms with Gasteiger partial charge in [0.25, 0.3) is 0 Å². The van der Waals surface area contributed by atoms with Gasteiger partial charge in [-0.3, -0.25) is 9.59 Å². The first-order chi connectivity index (χ1) is 13.1. The molecule has 6 nitrogen and oxygen atoms in total. The number of thioether (sulfide) groups is 1. The van der Waals surface area contributed by atoms with Gasteiger partial charge in [-0.1, -0.05) is 0 Å². The summed E-state index contributed by atoms with van der Waals surface area (Å²) in [7, 11) is 2.15. The van der Waals surface area contributed by atoms with E-state index in [0.717, 1.165) is 44.8 Å². The van der Waals surface area contributed by atoms with Crippen molar-refractivity contribution in [2.75, 3.05) is 64.0 Å². The molecule has 0 bridgehead atoms. The third-order valence-electron chi connectivity index (χ3n) is 5.43. The third-order valence-corrected chi connectivity index (χ3v) is 6.17. The molecule has 7 heteroatoms. The summed E-state index contributed by atoms with van der Waals surface area (Å²) in [6.07, 6.45) is 3.28. The van der Waals surface area contributed by atoms with Gasteiger partial charge in [-0.05, 0) is 50.5 Å². The van der Waals surface area contributed by atoms with Crippen LogP contribution in [-0.2, 0) is 9.59 Å². The van der Waals surface area contributed by atoms with Crippen LogP contribution in [0.3, 0.4) is 0 Å². The van der Waals surface area contributed by atoms with Crippen LogP contribution in [0, 0.1) is 5.92 Å². The molecule has 2 saturated heterocycles. The molecule has 0 aromatic heterocycles. The van der Waals surface area contributed by atoms with Gasteiger partial charge in [0, 0.05) is 56.3 Å². The number of piperazine rings is 1. The monoisotopic (exact) mass is 390 g/mol. The Labute approximate surface area is 166 Å². The minimum absolute atomic E-state index is 0.00459. The number of hydrogen-bond acceptors (Lipinski definition) is 5. The van der Waals surface area contributed by atoms with E-state index in [1.165, 1.54) is 4.90 Å². The average molecular weight is 391 g/mol. The Kier molecular flexibility index (Phi) is 7.15. The number of carbonyl (C=O) groups is 2. The molecule has 2 fully saturated rings. The van der Waals surface area contributed by atoms with Crippen molar-refractivity contribution in [2.45, 2.75) is 17.7 Å². The van der Waals surface area contributed by atoms with E-state index in [9.17, 15) is 9.59 Å². The van der Waals surface area contributed by atoms with Crippen molar-refractivity contribution in [3.05, 3.63) is 24.3 Å². The van der Waals surface area contributed by atoms with Gasteiger partial charge in [0.15, 0.2) is 0 Å². The molecule has 0 spiro atoms. The van der Waals surface area contributed by atoms with Crippen LogP contribution in [0.2, 0.25) is 0 Å². The summed E-state index contributed by atoms with van der Waals surface area (Å²) in [4.78, 5) is 32.5. The molecule has 2 aliphatic heterocycles. The lowest BCUT2D eigenvalue weighted by molar-refractivity contribution is -0.126. The first-order valence-electron chi connectivity index (χ1n) is 9.70. The Morgan fingerprint density at radius 3 is 2.56 bits per heavy atom. The SMILES string of the molecule is CSc1ccc(N2C[C@@H](C(=O)NCCCN3CCN(C)CC3)CC2=O)cc1. The van der Waals surface area contributed by atoms with Crippen LogP contribution in [0.5, 0.6) is 0 Å². The van der Waals surface area contributed by atoms with E-state index < -0.39 is 0 Å². The molecule has 2 amide bonds. The molecule has 148 valence electrons. The molecule has 1 N–H and O–H groups in total. The first kappa shape index (κ1) is 20.2. The molecular formula is C20H30N4O2S. The summed E-state index contributed by atoms with van der Waals surface area (Å²) >= 11 is 1.67. The maximum Gasteiger partial charge on any atom is 0.227 e. The van der Waals surface area contributed by atoms with Gasteiger partial charge in [0.1, 0.15) is 0 Å². The van der Waals surface area contributed by atoms with E-state index in [1.54, 1.807) is 16.7 Å². The molecule has 1 aromatic rings. The summed E-state index contributed by atoms with van der Waals surface area (Å²) in [5.74, 6) is -0.212. The zero-order valence-electron chi connectivity index (χ0n) is 16.3. The Balaban J connectivity index is 1.40. The lowest BCUT2D eigenvalue weighted by atomic mass is 10.1. The highest BCUT2D eigenvalue weighted by molar-refractivity contribution is 7.98. The van der Waals surface area contributed by atoms with Crippen LogP contribution >= 0.6 is 11.8 Å². The Bertz CT molecular complexity index is 644. The topological polar surface area (TPSA) is 55.9 Å². The fourth-order valence-corrected chi connectivity index (χ4v) is 4.03. The minimum atomic E-state index is -0.249. The molecule has 1 atom stereocenters. The van der Waals surface area contributed by atoms with Gasteiger partial charge in [0.05, 0.1) is 5.92 Å². The van der Waals surface area contributed by atoms with Crippen molar-refractivity contribution in [1.82, 2.24) is 15.1 Å². The van der Waals surface area contributed by atoms with Crippen molar-refractivity contribution in [1.29, 1.82) is 0 Å². The zero-order chi connectivity index (χ0) is 19.2. The van der Waals surface area contributed by atoms with Crippen LogP contribution in [0.15, 0.2) is 29.2 Å². The van der Waals surface area contributed by atoms with E-state index in [0.29, 0.717) is 19.5 Å². The highest BCUT2D eigenvalue weighted by Crippen LogP contribution is 2.27. The van der Waals surface area contributed by atoms with Crippen molar-refractivity contribution in [2.24, 2.45) is 5.92 Å². The molecule has 2 aliphatic rings. The number of carbonyl (C=O) groups excluding carboxylic acids is 2. The summed E-state index contributed by atoms with van der Waals surface area (Å²) in [5.41, 5.74) is 0.878. The van der Waals surface area contributed by atoms with Gasteiger partial charge in [-0.25, -0.2) is 0 Å². The number of rotatable bonds is 7. The molecule has 0 radical (unpaired) electrons. The van der Waals surface area contributed by atoms with Crippen LogP contribution < -0.4 is 10.2 Å². The fraction of sp³-hybridized carbons (Fsp3) is 0.600. The molecular weight excluding hydrogens is 360 g/mol. The highest BCUT2D eigenvalue weighted by atomic mass is 32.2. The maximum atomic E-state index is 12.4. The lowest BCUT2D eigenvalue weighted by Gasteiger charge is -2.32. The number of likely N-dealkylation sites (N-methyl/N-ethyl adjacent to an activating group) is 1. The third kappa shape index (κ3) is 5.46. The van der Waals surface area contributed by atoms with Gasteiger partial charge in [0.2, 0.25) is 11.8 Å². The Hall–Kier alpha value is -1.57. The van der Waals surface area contributed by atoms with Crippen LogP contribution in [0.4, 0.5) is 5.69 Å². The van der Waals surface area contributed by atoms with E-state index in [1.807, 2.05) is 30.5 Å². The number of hydrogen-bond donors (Lipinski definition) is 1. The molecule has 0 saturated carbocycles. The summed E-state index contributed by atoms with van der Waals surface area (Å²) in [6.45, 7) is 6.61. The number of nitrogens with zero attached hydrogens (tertiary/aromatic N) is 3. The standard InChI is InChI=1S/C20H30N4O2S/c1-22-10-12-23(13-11-22)9-3-8-21-20(26)16-14-19(25)24(15-16)17-4-6-18(27-2)7-5-17/h4-7,16H,3,8-15H2,1-2H3,(H,21,26)/t16-/m0/s1. The maximum absolute atomic E-state index is 12.4. The molecule has 0 aliphatic carbocycles. The summed E-state index contributed by atoms with van der Waals surface area (Å²) in [6, 6.07) is 7.94. The van der Waals surface area contributed by atoms with E-state index in [2.05, 4.69) is 22.2 Å². The largest absolute Gasteiger partial charge is 0.356 e. The number of benzene rings is 1. The molecule has 2 heterocycles. The summed E-state index contributed by atoms with van der Waals surface area (Å²) < 4.78 is 0. The van der Waals surface area contributed by atoms with E-state index in [4.69, 9.17) is 0 Å². The lowest BCUT2D eigenvalue weighted by Crippen LogP contribution is -2.45. The number of nitrogens with one attached hydrogen (secondary N) is 1. The van der Waals surface area contributed by atoms with Gasteiger partial charge in [-0.15, -0.1) is 11.8 Å². The summed E-state index contributed by atoms with van der Waals surface area (Å²) in [5, 5.41) is 3.03. The second-order valence-electron chi connectivity index (χ2n) is 7.39. The molecule has 27 heavy (non-hydrogen) atoms. The Morgan fingerprint density at radius 1 is 1.19 bits per heavy atom. The Morgan fingerprint density at radius 2 is 1.89 bits per heavy atom. The highest BCUT2D eigenvalue weighted by Gasteiger charge is 2.34. The van der Waals surface area contributed by atoms with Crippen LogP contribution in [0.1, 0.15) is 12.8 Å². The predicted molar refractivity (Wildman–Crippen MR) is 110 cm³/mol. The molecule has 3 rings (SSSR count). The van der Waals surface area contributed by atoms with Gasteiger partial charge in [-0.2, -0.15) is 0 Å². The average Bonchev–Trinajstić information content (AvgIpc) is 3.08. The minimum Gasteiger partial charge on any atom is -0.356 e. The van der Waals surface area contributed by atoms with Crippen molar-refractivity contribution >= 4 is 29.3 Å². The number of anilines is 1. The van der Waals surface area contributed by atoms with E-state index >= 15 is 0 Å². The van der Waals surface area contributed by atoms with Crippen LogP contribution in [0.25, 0.3) is 0 Å². The van der Waals surface area contributed by atoms with Crippen molar-refractivity contribution in [3.63, 3.8) is 0 Å². The van der Waals surface area contributed by atoms with Crippen molar-refractivity contribution in [3.8, 4) is 0 Å².